The Morgan fingerprint density at radius 1 is 1.05 bits per heavy atom. The molecule has 0 bridgehead atoms. The predicted molar refractivity (Wildman–Crippen MR) is 79.0 cm³/mol. The zero-order valence-corrected chi connectivity index (χ0v) is 12.3. The third-order valence-electron chi connectivity index (χ3n) is 3.82. The molecule has 0 radical (unpaired) electrons. The van der Waals surface area contributed by atoms with Gasteiger partial charge >= 0.3 is 0 Å². The van der Waals surface area contributed by atoms with Crippen molar-refractivity contribution in [3.8, 4) is 0 Å². The van der Waals surface area contributed by atoms with Crippen LogP contribution in [0, 0.1) is 17.6 Å². The minimum absolute atomic E-state index is 0.117. The lowest BCUT2D eigenvalue weighted by Crippen LogP contribution is -2.11. The van der Waals surface area contributed by atoms with E-state index in [0.29, 0.717) is 11.7 Å². The molecule has 0 fully saturated rings. The van der Waals surface area contributed by atoms with Crippen molar-refractivity contribution in [1.29, 1.82) is 0 Å². The highest BCUT2D eigenvalue weighted by atomic mass is 32.2. The molecule has 0 unspecified atom stereocenters. The molecule has 2 aromatic rings. The molecular weight excluding hydrogens is 274 g/mol. The van der Waals surface area contributed by atoms with Crippen LogP contribution in [0.3, 0.4) is 0 Å². The number of hydrogen-bond acceptors (Lipinski definition) is 1. The van der Waals surface area contributed by atoms with Gasteiger partial charge in [0.2, 0.25) is 0 Å². The summed E-state index contributed by atoms with van der Waals surface area (Å²) in [7, 11) is 0. The summed E-state index contributed by atoms with van der Waals surface area (Å²) in [5.74, 6) is -0.367. The zero-order chi connectivity index (χ0) is 14.3. The highest BCUT2D eigenvalue weighted by Gasteiger charge is 2.27. The fourth-order valence-corrected chi connectivity index (χ4v) is 4.03. The third kappa shape index (κ3) is 2.24. The van der Waals surface area contributed by atoms with Crippen LogP contribution in [0.15, 0.2) is 41.3 Å². The highest BCUT2D eigenvalue weighted by Crippen LogP contribution is 2.44. The van der Waals surface area contributed by atoms with E-state index in [9.17, 15) is 8.78 Å². The van der Waals surface area contributed by atoms with E-state index in [1.54, 1.807) is 11.8 Å². The molecule has 1 aliphatic heterocycles. The van der Waals surface area contributed by atoms with E-state index >= 15 is 0 Å². The van der Waals surface area contributed by atoms with Gasteiger partial charge in [-0.1, -0.05) is 32.0 Å². The molecule has 0 nitrogen and oxygen atoms in total. The maximum Gasteiger partial charge on any atom is 0.159 e. The Balaban J connectivity index is 2.24. The summed E-state index contributed by atoms with van der Waals surface area (Å²) in [6.45, 7) is 4.25. The van der Waals surface area contributed by atoms with Gasteiger partial charge in [-0.2, -0.15) is 0 Å². The Labute approximate surface area is 122 Å². The smallest absolute Gasteiger partial charge is 0.159 e. The molecule has 0 N–H and O–H groups in total. The molecular formula is C17H16F2S. The number of halogens is 2. The molecule has 0 aliphatic carbocycles. The summed E-state index contributed by atoms with van der Waals surface area (Å²) < 4.78 is 27.2. The van der Waals surface area contributed by atoms with E-state index in [1.165, 1.54) is 22.6 Å². The van der Waals surface area contributed by atoms with Crippen molar-refractivity contribution in [2.24, 2.45) is 5.92 Å². The maximum absolute atomic E-state index is 13.7. The van der Waals surface area contributed by atoms with Gasteiger partial charge in [0.15, 0.2) is 11.6 Å². The van der Waals surface area contributed by atoms with Crippen molar-refractivity contribution in [3.63, 3.8) is 0 Å². The van der Waals surface area contributed by atoms with Crippen molar-refractivity contribution >= 4 is 11.8 Å². The van der Waals surface area contributed by atoms with Crippen LogP contribution in [0.5, 0.6) is 0 Å². The van der Waals surface area contributed by atoms with Crippen molar-refractivity contribution in [3.05, 3.63) is 64.7 Å². The molecule has 20 heavy (non-hydrogen) atoms. The molecule has 2 aromatic carbocycles. The van der Waals surface area contributed by atoms with Crippen LogP contribution in [-0.2, 0) is 5.75 Å². The second-order valence-corrected chi connectivity index (χ2v) is 6.53. The number of fused-ring (bicyclic) bond motifs is 2. The van der Waals surface area contributed by atoms with Crippen molar-refractivity contribution in [1.82, 2.24) is 0 Å². The predicted octanol–water partition coefficient (Wildman–Crippen LogP) is 5.36. The van der Waals surface area contributed by atoms with E-state index in [1.807, 2.05) is 12.1 Å². The zero-order valence-electron chi connectivity index (χ0n) is 11.5. The van der Waals surface area contributed by atoms with E-state index in [2.05, 4.69) is 26.0 Å². The minimum Gasteiger partial charge on any atom is -0.204 e. The highest BCUT2D eigenvalue weighted by molar-refractivity contribution is 7.98. The molecule has 1 aliphatic rings. The van der Waals surface area contributed by atoms with Gasteiger partial charge in [-0.25, -0.2) is 8.78 Å². The molecule has 0 saturated carbocycles. The first-order valence-corrected chi connectivity index (χ1v) is 7.76. The number of thioether (sulfide) groups is 1. The standard InChI is InChI=1S/C17H16F2S/c1-10(2)17-12-5-3-4-6-16(12)20-9-11-7-14(18)15(19)8-13(11)17/h3-8,10,17H,9H2,1-2H3/t17-/m0/s1. The summed E-state index contributed by atoms with van der Waals surface area (Å²) in [6.07, 6.45) is 0. The quantitative estimate of drug-likeness (QED) is 0.681. The Morgan fingerprint density at radius 2 is 1.75 bits per heavy atom. The van der Waals surface area contributed by atoms with Gasteiger partial charge in [0.05, 0.1) is 0 Å². The Hall–Kier alpha value is -1.35. The number of benzene rings is 2. The van der Waals surface area contributed by atoms with Crippen LogP contribution in [-0.4, -0.2) is 0 Å². The fourth-order valence-electron chi connectivity index (χ4n) is 2.93. The molecule has 0 aromatic heterocycles. The molecule has 0 saturated heterocycles. The van der Waals surface area contributed by atoms with Gasteiger partial charge in [-0.05, 0) is 40.8 Å². The second-order valence-electron chi connectivity index (χ2n) is 5.51. The van der Waals surface area contributed by atoms with Gasteiger partial charge in [-0.3, -0.25) is 0 Å². The van der Waals surface area contributed by atoms with Gasteiger partial charge in [0.25, 0.3) is 0 Å². The van der Waals surface area contributed by atoms with E-state index in [4.69, 9.17) is 0 Å². The number of hydrogen-bond donors (Lipinski definition) is 0. The van der Waals surface area contributed by atoms with Gasteiger partial charge in [0, 0.05) is 16.6 Å². The molecule has 1 atom stereocenters. The summed E-state index contributed by atoms with van der Waals surface area (Å²) in [4.78, 5) is 1.21. The van der Waals surface area contributed by atoms with E-state index in [-0.39, 0.29) is 5.92 Å². The van der Waals surface area contributed by atoms with E-state index < -0.39 is 11.6 Å². The fraction of sp³-hybridized carbons (Fsp3) is 0.294. The Bertz CT molecular complexity index is 649. The first kappa shape index (κ1) is 13.6. The van der Waals surface area contributed by atoms with Crippen LogP contribution in [0.2, 0.25) is 0 Å². The average molecular weight is 290 g/mol. The van der Waals surface area contributed by atoms with Crippen molar-refractivity contribution in [2.75, 3.05) is 0 Å². The lowest BCUT2D eigenvalue weighted by Gasteiger charge is -2.23. The second kappa shape index (κ2) is 5.21. The molecule has 3 heteroatoms. The van der Waals surface area contributed by atoms with Gasteiger partial charge < -0.3 is 0 Å². The van der Waals surface area contributed by atoms with Crippen LogP contribution in [0.25, 0.3) is 0 Å². The largest absolute Gasteiger partial charge is 0.204 e. The SMILES string of the molecule is CC(C)[C@@H]1c2cc(F)c(F)cc2CSc2ccccc21. The van der Waals surface area contributed by atoms with Crippen LogP contribution in [0.4, 0.5) is 8.78 Å². The summed E-state index contributed by atoms with van der Waals surface area (Å²) in [5.41, 5.74) is 3.05. The van der Waals surface area contributed by atoms with Crippen molar-refractivity contribution in [2.45, 2.75) is 30.4 Å². The molecule has 104 valence electrons. The molecule has 3 rings (SSSR count). The van der Waals surface area contributed by atoms with Gasteiger partial charge in [-0.15, -0.1) is 11.8 Å². The lowest BCUT2D eigenvalue weighted by atomic mass is 9.81. The Morgan fingerprint density at radius 3 is 2.50 bits per heavy atom. The van der Waals surface area contributed by atoms with Crippen molar-refractivity contribution < 1.29 is 8.78 Å². The maximum atomic E-state index is 13.7. The molecule has 0 spiro atoms. The minimum atomic E-state index is -0.752. The monoisotopic (exact) mass is 290 g/mol. The Kier molecular flexibility index (Phi) is 3.55. The number of rotatable bonds is 1. The van der Waals surface area contributed by atoms with Crippen LogP contribution >= 0.6 is 11.8 Å². The van der Waals surface area contributed by atoms with E-state index in [0.717, 1.165) is 11.1 Å². The van der Waals surface area contributed by atoms with Crippen LogP contribution in [0.1, 0.15) is 36.5 Å². The summed E-state index contributed by atoms with van der Waals surface area (Å²) in [5, 5.41) is 0. The first-order valence-electron chi connectivity index (χ1n) is 6.77. The third-order valence-corrected chi connectivity index (χ3v) is 4.96. The molecule has 1 heterocycles. The lowest BCUT2D eigenvalue weighted by molar-refractivity contribution is 0.498. The summed E-state index contributed by atoms with van der Waals surface area (Å²) in [6, 6.07) is 11.0. The first-order chi connectivity index (χ1) is 9.58. The average Bonchev–Trinajstić information content (AvgIpc) is 2.56. The molecule has 0 amide bonds. The van der Waals surface area contributed by atoms with Gasteiger partial charge in [0.1, 0.15) is 0 Å². The summed E-state index contributed by atoms with van der Waals surface area (Å²) >= 11 is 1.70. The topological polar surface area (TPSA) is 0 Å². The normalized spacial score (nSPS) is 17.6. The van der Waals surface area contributed by atoms with Crippen LogP contribution < -0.4 is 0 Å².